The molecule has 0 radical (unpaired) electrons. The first-order chi connectivity index (χ1) is 16.6. The third-order valence-electron chi connectivity index (χ3n) is 6.09. The van der Waals surface area contributed by atoms with Crippen LogP contribution in [-0.2, 0) is 11.3 Å². The van der Waals surface area contributed by atoms with E-state index in [0.717, 1.165) is 54.6 Å². The molecule has 2 N–H and O–H groups in total. The molecule has 1 aliphatic heterocycles. The zero-order valence-corrected chi connectivity index (χ0v) is 20.1. The van der Waals surface area contributed by atoms with E-state index >= 15 is 0 Å². The number of carbonyl (C=O) groups is 1. The van der Waals surface area contributed by atoms with E-state index in [1.807, 2.05) is 24.3 Å². The third-order valence-corrected chi connectivity index (χ3v) is 6.97. The molecule has 6 nitrogen and oxygen atoms in total. The molecule has 1 saturated heterocycles. The highest BCUT2D eigenvalue weighted by Crippen LogP contribution is 2.22. The first kappa shape index (κ1) is 22.5. The Bertz CT molecular complexity index is 1250. The largest absolute Gasteiger partial charge is 0.369 e. The normalized spacial score (nSPS) is 14.4. The van der Waals surface area contributed by atoms with Gasteiger partial charge in [0.1, 0.15) is 0 Å². The molecule has 0 aliphatic carbocycles. The van der Waals surface area contributed by atoms with Gasteiger partial charge in [0.2, 0.25) is 5.91 Å². The molecule has 1 aromatic heterocycles. The lowest BCUT2D eigenvalue weighted by molar-refractivity contribution is -0.113. The number of benzene rings is 3. The highest BCUT2D eigenvalue weighted by molar-refractivity contribution is 7.99. The molecule has 2 heterocycles. The van der Waals surface area contributed by atoms with Gasteiger partial charge in [-0.1, -0.05) is 48.2 Å². The number of anilines is 2. The molecule has 34 heavy (non-hydrogen) atoms. The Kier molecular flexibility index (Phi) is 6.83. The zero-order chi connectivity index (χ0) is 23.3. The van der Waals surface area contributed by atoms with Crippen molar-refractivity contribution in [3.63, 3.8) is 0 Å². The minimum absolute atomic E-state index is 0.0380. The van der Waals surface area contributed by atoms with Crippen molar-refractivity contribution in [1.82, 2.24) is 14.9 Å². The molecule has 174 valence electrons. The van der Waals surface area contributed by atoms with Crippen LogP contribution in [0.1, 0.15) is 11.1 Å². The zero-order valence-electron chi connectivity index (χ0n) is 19.3. The van der Waals surface area contributed by atoms with Gasteiger partial charge in [-0.3, -0.25) is 9.69 Å². The predicted octanol–water partition coefficient (Wildman–Crippen LogP) is 4.92. The number of fused-ring (bicyclic) bond motifs is 1. The van der Waals surface area contributed by atoms with Gasteiger partial charge in [-0.05, 0) is 54.4 Å². The van der Waals surface area contributed by atoms with Crippen LogP contribution in [0.3, 0.4) is 0 Å². The van der Waals surface area contributed by atoms with E-state index < -0.39 is 0 Å². The number of piperazine rings is 1. The van der Waals surface area contributed by atoms with E-state index in [0.29, 0.717) is 5.75 Å². The molecule has 5 rings (SSSR count). The second-order valence-corrected chi connectivity index (χ2v) is 9.66. The highest BCUT2D eigenvalue weighted by atomic mass is 32.2. The second-order valence-electron chi connectivity index (χ2n) is 8.70. The molecule has 1 amide bonds. The molecule has 4 aromatic rings. The van der Waals surface area contributed by atoms with Crippen LogP contribution in [0.15, 0.2) is 78.0 Å². The molecule has 7 heteroatoms. The molecule has 1 aliphatic rings. The van der Waals surface area contributed by atoms with Crippen molar-refractivity contribution >= 4 is 40.1 Å². The fourth-order valence-electron chi connectivity index (χ4n) is 4.26. The van der Waals surface area contributed by atoms with Gasteiger partial charge in [0, 0.05) is 44.1 Å². The Balaban J connectivity index is 1.09. The summed E-state index contributed by atoms with van der Waals surface area (Å²) in [7, 11) is 0. The van der Waals surface area contributed by atoms with Crippen LogP contribution in [0.2, 0.25) is 0 Å². The molecule has 0 bridgehead atoms. The minimum atomic E-state index is -0.0380. The number of amides is 1. The molecule has 3 aromatic carbocycles. The molecule has 0 saturated carbocycles. The maximum absolute atomic E-state index is 12.4. The lowest BCUT2D eigenvalue weighted by Crippen LogP contribution is -2.45. The first-order valence-corrected chi connectivity index (χ1v) is 12.6. The number of hydrogen-bond acceptors (Lipinski definition) is 5. The summed E-state index contributed by atoms with van der Waals surface area (Å²) in [5.74, 6) is 0.271. The number of nitrogens with one attached hydrogen (secondary N) is 2. The highest BCUT2D eigenvalue weighted by Gasteiger charge is 2.17. The monoisotopic (exact) mass is 471 g/mol. The van der Waals surface area contributed by atoms with E-state index in [-0.39, 0.29) is 5.91 Å². The van der Waals surface area contributed by atoms with Crippen molar-refractivity contribution in [2.24, 2.45) is 0 Å². The Labute approximate surface area is 204 Å². The lowest BCUT2D eigenvalue weighted by atomic mass is 10.2. The standard InChI is InChI=1S/C27H29N5OS/c1-20-7-12-24-25(17-20)30-27(29-24)34-19-26(33)28-22-8-10-23(11-9-22)32-15-13-31(14-16-32)18-21-5-3-2-4-6-21/h2-12,17H,13-16,18-19H2,1H3,(H,28,33)(H,29,30). The van der Waals surface area contributed by atoms with Crippen LogP contribution in [0.25, 0.3) is 11.0 Å². The van der Waals surface area contributed by atoms with E-state index in [9.17, 15) is 4.79 Å². The van der Waals surface area contributed by atoms with Gasteiger partial charge in [-0.15, -0.1) is 0 Å². The van der Waals surface area contributed by atoms with Gasteiger partial charge in [0.15, 0.2) is 5.16 Å². The maximum atomic E-state index is 12.4. The molecule has 1 fully saturated rings. The number of aromatic nitrogens is 2. The smallest absolute Gasteiger partial charge is 0.234 e. The molecule has 0 atom stereocenters. The summed E-state index contributed by atoms with van der Waals surface area (Å²) in [6.45, 7) is 7.17. The van der Waals surface area contributed by atoms with E-state index in [2.05, 4.69) is 80.5 Å². The summed E-state index contributed by atoms with van der Waals surface area (Å²) in [4.78, 5) is 25.2. The summed E-state index contributed by atoms with van der Waals surface area (Å²) in [5, 5.41) is 3.75. The van der Waals surface area contributed by atoms with Crippen LogP contribution in [0.4, 0.5) is 11.4 Å². The second kappa shape index (κ2) is 10.3. The minimum Gasteiger partial charge on any atom is -0.369 e. The number of imidazole rings is 1. The number of hydrogen-bond donors (Lipinski definition) is 2. The molecule has 0 spiro atoms. The average molecular weight is 472 g/mol. The van der Waals surface area contributed by atoms with Crippen molar-refractivity contribution in [3.05, 3.63) is 83.9 Å². The fraction of sp³-hybridized carbons (Fsp3) is 0.259. The number of H-pyrrole nitrogens is 1. The maximum Gasteiger partial charge on any atom is 0.234 e. The van der Waals surface area contributed by atoms with Gasteiger partial charge >= 0.3 is 0 Å². The SMILES string of the molecule is Cc1ccc2nc(SCC(=O)Nc3ccc(N4CCN(Cc5ccccc5)CC4)cc3)[nH]c2c1. The van der Waals surface area contributed by atoms with Crippen molar-refractivity contribution < 1.29 is 4.79 Å². The topological polar surface area (TPSA) is 64.3 Å². The predicted molar refractivity (Wildman–Crippen MR) is 141 cm³/mol. The van der Waals surface area contributed by atoms with Crippen LogP contribution >= 0.6 is 11.8 Å². The quantitative estimate of drug-likeness (QED) is 0.375. The summed E-state index contributed by atoms with van der Waals surface area (Å²) >= 11 is 1.41. The Morgan fingerprint density at radius 1 is 1.00 bits per heavy atom. The fourth-order valence-corrected chi connectivity index (χ4v) is 4.95. The molecule has 0 unspecified atom stereocenters. The molecular formula is C27H29N5OS. The van der Waals surface area contributed by atoms with Crippen molar-refractivity contribution in [3.8, 4) is 0 Å². The number of thioether (sulfide) groups is 1. The van der Waals surface area contributed by atoms with Crippen LogP contribution in [0.5, 0.6) is 0 Å². The van der Waals surface area contributed by atoms with E-state index in [1.165, 1.54) is 28.6 Å². The third kappa shape index (κ3) is 5.61. The van der Waals surface area contributed by atoms with Gasteiger partial charge in [-0.2, -0.15) is 0 Å². The summed E-state index contributed by atoms with van der Waals surface area (Å²) < 4.78 is 0. The van der Waals surface area contributed by atoms with Crippen molar-refractivity contribution in [2.75, 3.05) is 42.1 Å². The number of aryl methyl sites for hydroxylation is 1. The first-order valence-electron chi connectivity index (χ1n) is 11.6. The van der Waals surface area contributed by atoms with Gasteiger partial charge in [-0.25, -0.2) is 4.98 Å². The van der Waals surface area contributed by atoms with E-state index in [4.69, 9.17) is 0 Å². The molecular weight excluding hydrogens is 442 g/mol. The lowest BCUT2D eigenvalue weighted by Gasteiger charge is -2.36. The summed E-state index contributed by atoms with van der Waals surface area (Å²) in [6, 6.07) is 24.9. The number of aromatic amines is 1. The van der Waals surface area contributed by atoms with E-state index in [1.54, 1.807) is 0 Å². The summed E-state index contributed by atoms with van der Waals surface area (Å²) in [6.07, 6.45) is 0. The summed E-state index contributed by atoms with van der Waals surface area (Å²) in [5.41, 5.74) is 6.48. The number of carbonyl (C=O) groups excluding carboxylic acids is 1. The van der Waals surface area contributed by atoms with Crippen molar-refractivity contribution in [2.45, 2.75) is 18.6 Å². The Hall–Kier alpha value is -3.29. The van der Waals surface area contributed by atoms with Crippen LogP contribution < -0.4 is 10.2 Å². The number of rotatable bonds is 7. The van der Waals surface area contributed by atoms with Crippen LogP contribution in [0, 0.1) is 6.92 Å². The Morgan fingerprint density at radius 3 is 2.53 bits per heavy atom. The van der Waals surface area contributed by atoms with Gasteiger partial charge in [0.25, 0.3) is 0 Å². The van der Waals surface area contributed by atoms with Crippen LogP contribution in [-0.4, -0.2) is 52.7 Å². The van der Waals surface area contributed by atoms with Crippen molar-refractivity contribution in [1.29, 1.82) is 0 Å². The Morgan fingerprint density at radius 2 is 1.76 bits per heavy atom. The van der Waals surface area contributed by atoms with Gasteiger partial charge < -0.3 is 15.2 Å². The number of nitrogens with zero attached hydrogens (tertiary/aromatic N) is 3. The average Bonchev–Trinajstić information content (AvgIpc) is 3.26. The van der Waals surface area contributed by atoms with Gasteiger partial charge in [0.05, 0.1) is 16.8 Å².